The Morgan fingerprint density at radius 2 is 1.88 bits per heavy atom. The lowest BCUT2D eigenvalue weighted by molar-refractivity contribution is -0.143. The summed E-state index contributed by atoms with van der Waals surface area (Å²) in [6, 6.07) is 0.737. The van der Waals surface area contributed by atoms with Crippen molar-refractivity contribution in [1.29, 1.82) is 0 Å². The van der Waals surface area contributed by atoms with Gasteiger partial charge in [0.05, 0.1) is 0 Å². The number of hydrogen-bond donors (Lipinski definition) is 1. The Hall–Kier alpha value is -1.53. The van der Waals surface area contributed by atoms with E-state index in [9.17, 15) is 18.0 Å². The summed E-state index contributed by atoms with van der Waals surface area (Å²) in [7, 11) is 1.15. The number of hydrogen-bond acceptors (Lipinski definition) is 2. The van der Waals surface area contributed by atoms with Gasteiger partial charge in [-0.25, -0.2) is 0 Å². The first kappa shape index (κ1) is 13.5. The lowest BCUT2D eigenvalue weighted by Crippen LogP contribution is -2.40. The van der Waals surface area contributed by atoms with E-state index in [0.29, 0.717) is 4.68 Å². The summed E-state index contributed by atoms with van der Waals surface area (Å²) in [6.45, 7) is 5.20. The van der Waals surface area contributed by atoms with Crippen LogP contribution < -0.4 is 5.32 Å². The van der Waals surface area contributed by atoms with Crippen LogP contribution in [0.2, 0.25) is 0 Å². The first-order valence-corrected chi connectivity index (χ1v) is 4.94. The topological polar surface area (TPSA) is 46.9 Å². The van der Waals surface area contributed by atoms with E-state index in [1.807, 2.05) is 0 Å². The molecule has 0 unspecified atom stereocenters. The number of carbonyl (C=O) groups is 1. The van der Waals surface area contributed by atoms with Crippen LogP contribution in [0.15, 0.2) is 6.07 Å². The largest absolute Gasteiger partial charge is 0.433 e. The summed E-state index contributed by atoms with van der Waals surface area (Å²) in [5.74, 6) is -0.622. The van der Waals surface area contributed by atoms with Crippen LogP contribution in [0.25, 0.3) is 0 Å². The molecule has 0 spiro atoms. The Kier molecular flexibility index (Phi) is 3.22. The van der Waals surface area contributed by atoms with Gasteiger partial charge in [-0.1, -0.05) is 0 Å². The van der Waals surface area contributed by atoms with Crippen molar-refractivity contribution in [2.24, 2.45) is 7.05 Å². The number of alkyl halides is 3. The normalized spacial score (nSPS) is 12.6. The van der Waals surface area contributed by atoms with Crippen LogP contribution >= 0.6 is 0 Å². The summed E-state index contributed by atoms with van der Waals surface area (Å²) in [4.78, 5) is 11.6. The van der Waals surface area contributed by atoms with Crippen LogP contribution in [0.5, 0.6) is 0 Å². The zero-order valence-electron chi connectivity index (χ0n) is 10.0. The molecule has 0 fully saturated rings. The van der Waals surface area contributed by atoms with E-state index >= 15 is 0 Å². The van der Waals surface area contributed by atoms with Crippen LogP contribution in [0.1, 0.15) is 37.0 Å². The minimum absolute atomic E-state index is 0.241. The summed E-state index contributed by atoms with van der Waals surface area (Å²) in [5, 5.41) is 6.09. The van der Waals surface area contributed by atoms with E-state index in [2.05, 4.69) is 10.4 Å². The third-order valence-electron chi connectivity index (χ3n) is 1.89. The molecule has 0 bridgehead atoms. The van der Waals surface area contributed by atoms with Gasteiger partial charge < -0.3 is 5.32 Å². The van der Waals surface area contributed by atoms with Crippen molar-refractivity contribution in [1.82, 2.24) is 15.1 Å². The first-order chi connectivity index (χ1) is 7.50. The van der Waals surface area contributed by atoms with Crippen molar-refractivity contribution in [3.63, 3.8) is 0 Å². The van der Waals surface area contributed by atoms with E-state index in [1.165, 1.54) is 0 Å². The number of rotatable bonds is 1. The van der Waals surface area contributed by atoms with Gasteiger partial charge in [0.15, 0.2) is 5.69 Å². The molecule has 17 heavy (non-hydrogen) atoms. The molecule has 4 nitrogen and oxygen atoms in total. The van der Waals surface area contributed by atoms with Gasteiger partial charge in [-0.2, -0.15) is 18.3 Å². The summed E-state index contributed by atoms with van der Waals surface area (Å²) < 4.78 is 38.1. The SMILES string of the molecule is Cn1nc(C(=O)NC(C)(C)C)cc1C(F)(F)F. The maximum atomic E-state index is 12.5. The van der Waals surface area contributed by atoms with Crippen molar-refractivity contribution in [3.8, 4) is 0 Å². The summed E-state index contributed by atoms with van der Waals surface area (Å²) in [5.41, 5.74) is -1.71. The highest BCUT2D eigenvalue weighted by molar-refractivity contribution is 5.92. The number of carbonyl (C=O) groups excluding carboxylic acids is 1. The van der Waals surface area contributed by atoms with E-state index in [0.717, 1.165) is 13.1 Å². The fourth-order valence-corrected chi connectivity index (χ4v) is 1.25. The van der Waals surface area contributed by atoms with Crippen molar-refractivity contribution < 1.29 is 18.0 Å². The Balaban J connectivity index is 2.99. The Bertz CT molecular complexity index is 429. The second-order valence-electron chi connectivity index (χ2n) is 4.74. The number of nitrogens with zero attached hydrogens (tertiary/aromatic N) is 2. The highest BCUT2D eigenvalue weighted by Gasteiger charge is 2.35. The number of halogens is 3. The lowest BCUT2D eigenvalue weighted by atomic mass is 10.1. The molecule has 1 N–H and O–H groups in total. The van der Waals surface area contributed by atoms with Gasteiger partial charge >= 0.3 is 6.18 Å². The van der Waals surface area contributed by atoms with E-state index in [1.54, 1.807) is 20.8 Å². The fourth-order valence-electron chi connectivity index (χ4n) is 1.25. The number of aryl methyl sites for hydroxylation is 1. The van der Waals surface area contributed by atoms with Crippen LogP contribution in [0, 0.1) is 0 Å². The highest BCUT2D eigenvalue weighted by Crippen LogP contribution is 2.29. The monoisotopic (exact) mass is 249 g/mol. The van der Waals surface area contributed by atoms with Gasteiger partial charge in [0.2, 0.25) is 0 Å². The molecule has 0 aliphatic carbocycles. The fraction of sp³-hybridized carbons (Fsp3) is 0.600. The molecular weight excluding hydrogens is 235 g/mol. The van der Waals surface area contributed by atoms with Crippen LogP contribution in [-0.4, -0.2) is 21.2 Å². The first-order valence-electron chi connectivity index (χ1n) is 4.94. The Morgan fingerprint density at radius 3 is 2.24 bits per heavy atom. The second-order valence-corrected chi connectivity index (χ2v) is 4.74. The van der Waals surface area contributed by atoms with Gasteiger partial charge in [0.25, 0.3) is 5.91 Å². The van der Waals surface area contributed by atoms with Crippen molar-refractivity contribution >= 4 is 5.91 Å². The predicted octanol–water partition coefficient (Wildman–Crippen LogP) is 1.97. The molecule has 1 aromatic heterocycles. The molecule has 0 saturated carbocycles. The molecule has 0 saturated heterocycles. The number of aromatic nitrogens is 2. The molecule has 1 amide bonds. The standard InChI is InChI=1S/C10H14F3N3O/c1-9(2,3)14-8(17)6-5-7(10(11,12)13)16(4)15-6/h5H,1-4H3,(H,14,17). The molecule has 1 aromatic rings. The zero-order chi connectivity index (χ0) is 13.4. The van der Waals surface area contributed by atoms with Crippen LogP contribution in [-0.2, 0) is 13.2 Å². The molecule has 0 aliphatic heterocycles. The summed E-state index contributed by atoms with van der Waals surface area (Å²) >= 11 is 0. The van der Waals surface area contributed by atoms with E-state index < -0.39 is 23.3 Å². The Labute approximate surface area is 96.8 Å². The maximum Gasteiger partial charge on any atom is 0.433 e. The van der Waals surface area contributed by atoms with Crippen LogP contribution in [0.3, 0.4) is 0 Å². The van der Waals surface area contributed by atoms with Crippen molar-refractivity contribution in [2.75, 3.05) is 0 Å². The number of amides is 1. The summed E-state index contributed by atoms with van der Waals surface area (Å²) in [6.07, 6.45) is -4.51. The highest BCUT2D eigenvalue weighted by atomic mass is 19.4. The molecule has 96 valence electrons. The Morgan fingerprint density at radius 1 is 1.35 bits per heavy atom. The smallest absolute Gasteiger partial charge is 0.346 e. The molecule has 1 heterocycles. The van der Waals surface area contributed by atoms with Crippen molar-refractivity contribution in [2.45, 2.75) is 32.5 Å². The van der Waals surface area contributed by atoms with Gasteiger partial charge in [0.1, 0.15) is 5.69 Å². The lowest BCUT2D eigenvalue weighted by Gasteiger charge is -2.19. The molecule has 1 rings (SSSR count). The quantitative estimate of drug-likeness (QED) is 0.827. The van der Waals surface area contributed by atoms with Crippen LogP contribution in [0.4, 0.5) is 13.2 Å². The third kappa shape index (κ3) is 3.47. The molecule has 0 radical (unpaired) electrons. The maximum absolute atomic E-state index is 12.5. The van der Waals surface area contributed by atoms with Gasteiger partial charge in [-0.05, 0) is 20.8 Å². The molecule has 0 aromatic carbocycles. The third-order valence-corrected chi connectivity index (χ3v) is 1.89. The van der Waals surface area contributed by atoms with Gasteiger partial charge in [0, 0.05) is 18.7 Å². The number of nitrogens with one attached hydrogen (secondary N) is 1. The van der Waals surface area contributed by atoms with E-state index in [4.69, 9.17) is 0 Å². The van der Waals surface area contributed by atoms with E-state index in [-0.39, 0.29) is 5.69 Å². The average Bonchev–Trinajstić information content (AvgIpc) is 2.42. The van der Waals surface area contributed by atoms with Gasteiger partial charge in [-0.15, -0.1) is 0 Å². The molecule has 0 aliphatic rings. The average molecular weight is 249 g/mol. The molecule has 0 atom stereocenters. The minimum atomic E-state index is -4.51. The second kappa shape index (κ2) is 4.05. The van der Waals surface area contributed by atoms with Gasteiger partial charge in [-0.3, -0.25) is 9.48 Å². The molecule has 7 heteroatoms. The predicted molar refractivity (Wildman–Crippen MR) is 55.4 cm³/mol. The van der Waals surface area contributed by atoms with Crippen molar-refractivity contribution in [3.05, 3.63) is 17.5 Å². The molecular formula is C10H14F3N3O. The minimum Gasteiger partial charge on any atom is -0.346 e. The zero-order valence-corrected chi connectivity index (χ0v) is 10.0.